The maximum atomic E-state index is 13.4. The van der Waals surface area contributed by atoms with Crippen molar-refractivity contribution in [3.8, 4) is 0 Å². The van der Waals surface area contributed by atoms with Gasteiger partial charge in [-0.25, -0.2) is 8.78 Å². The fourth-order valence-electron chi connectivity index (χ4n) is 2.28. The maximum absolute atomic E-state index is 13.4. The molecule has 1 nitrogen and oxygen atoms in total. The lowest BCUT2D eigenvalue weighted by Crippen LogP contribution is -2.19. The molecule has 2 N–H and O–H groups in total. The van der Waals surface area contributed by atoms with Gasteiger partial charge in [0.25, 0.3) is 0 Å². The van der Waals surface area contributed by atoms with Gasteiger partial charge in [0.2, 0.25) is 0 Å². The zero-order valence-electron chi connectivity index (χ0n) is 10.8. The summed E-state index contributed by atoms with van der Waals surface area (Å²) in [7, 11) is 0. The van der Waals surface area contributed by atoms with Crippen molar-refractivity contribution in [2.45, 2.75) is 25.3 Å². The molecule has 19 heavy (non-hydrogen) atoms. The Morgan fingerprint density at radius 3 is 1.79 bits per heavy atom. The molecule has 0 aliphatic heterocycles. The number of rotatable bonds is 4. The summed E-state index contributed by atoms with van der Waals surface area (Å²) in [6.07, 6.45) is 0.646. The van der Waals surface area contributed by atoms with Crippen molar-refractivity contribution in [1.29, 1.82) is 0 Å². The van der Waals surface area contributed by atoms with Crippen molar-refractivity contribution in [2.24, 2.45) is 5.73 Å². The minimum absolute atomic E-state index is 0.0449. The first-order valence-corrected chi connectivity index (χ1v) is 6.33. The summed E-state index contributed by atoms with van der Waals surface area (Å²) >= 11 is 0. The Morgan fingerprint density at radius 1 is 0.947 bits per heavy atom. The van der Waals surface area contributed by atoms with Crippen LogP contribution >= 0.6 is 0 Å². The van der Waals surface area contributed by atoms with Gasteiger partial charge in [0.1, 0.15) is 11.6 Å². The third-order valence-corrected chi connectivity index (χ3v) is 3.11. The average Bonchev–Trinajstić information content (AvgIpc) is 2.35. The zero-order valence-corrected chi connectivity index (χ0v) is 10.8. The van der Waals surface area contributed by atoms with Crippen LogP contribution in [0.4, 0.5) is 8.78 Å². The summed E-state index contributed by atoms with van der Waals surface area (Å²) < 4.78 is 26.7. The van der Waals surface area contributed by atoms with Gasteiger partial charge in [0.15, 0.2) is 0 Å². The normalized spacial score (nSPS) is 12.7. The lowest BCUT2D eigenvalue weighted by molar-refractivity contribution is 0.586. The summed E-state index contributed by atoms with van der Waals surface area (Å²) in [6, 6.07) is 12.8. The quantitative estimate of drug-likeness (QED) is 0.889. The van der Waals surface area contributed by atoms with Gasteiger partial charge >= 0.3 is 0 Å². The summed E-state index contributed by atoms with van der Waals surface area (Å²) in [5.41, 5.74) is 7.50. The van der Waals surface area contributed by atoms with E-state index in [1.165, 1.54) is 24.3 Å². The first kappa shape index (κ1) is 13.7. The molecule has 0 saturated carbocycles. The van der Waals surface area contributed by atoms with E-state index < -0.39 is 0 Å². The van der Waals surface area contributed by atoms with Gasteiger partial charge in [0, 0.05) is 12.0 Å². The van der Waals surface area contributed by atoms with Crippen molar-refractivity contribution in [1.82, 2.24) is 0 Å². The number of nitrogens with two attached hydrogens (primary N) is 1. The maximum Gasteiger partial charge on any atom is 0.123 e. The predicted octanol–water partition coefficient (Wildman–Crippen LogP) is 3.83. The summed E-state index contributed by atoms with van der Waals surface area (Å²) in [5.74, 6) is -0.668. The number of benzene rings is 2. The molecule has 2 aromatic carbocycles. The van der Waals surface area contributed by atoms with E-state index in [9.17, 15) is 8.78 Å². The molecule has 100 valence electrons. The van der Waals surface area contributed by atoms with Crippen LogP contribution in [0.2, 0.25) is 0 Å². The summed E-state index contributed by atoms with van der Waals surface area (Å²) in [4.78, 5) is 0. The lowest BCUT2D eigenvalue weighted by Gasteiger charge is -2.20. The van der Waals surface area contributed by atoms with Gasteiger partial charge in [-0.2, -0.15) is 0 Å². The predicted molar refractivity (Wildman–Crippen MR) is 72.9 cm³/mol. The van der Waals surface area contributed by atoms with Gasteiger partial charge in [-0.05, 0) is 48.7 Å². The van der Waals surface area contributed by atoms with Crippen molar-refractivity contribution >= 4 is 0 Å². The SMILES string of the molecule is C[C@H](N)CC(c1cccc(F)c1)c1cccc(F)c1. The highest BCUT2D eigenvalue weighted by Crippen LogP contribution is 2.29. The van der Waals surface area contributed by atoms with Crippen LogP contribution in [-0.2, 0) is 0 Å². The average molecular weight is 261 g/mol. The Bertz CT molecular complexity index is 506. The van der Waals surface area contributed by atoms with Crippen LogP contribution in [0.1, 0.15) is 30.4 Å². The standard InChI is InChI=1S/C16H17F2N/c1-11(19)8-16(12-4-2-6-14(17)9-12)13-5-3-7-15(18)10-13/h2-7,9-11,16H,8,19H2,1H3/t11-/m0/s1. The number of halogens is 2. The lowest BCUT2D eigenvalue weighted by atomic mass is 9.86. The first-order valence-electron chi connectivity index (χ1n) is 6.33. The molecule has 0 amide bonds. The molecular formula is C16H17F2N. The van der Waals surface area contributed by atoms with E-state index in [4.69, 9.17) is 5.73 Å². The van der Waals surface area contributed by atoms with Gasteiger partial charge < -0.3 is 5.73 Å². The highest BCUT2D eigenvalue weighted by Gasteiger charge is 2.17. The Balaban J connectivity index is 2.41. The van der Waals surface area contributed by atoms with Gasteiger partial charge in [-0.1, -0.05) is 24.3 Å². The van der Waals surface area contributed by atoms with Crippen LogP contribution in [0.15, 0.2) is 48.5 Å². The van der Waals surface area contributed by atoms with Crippen LogP contribution < -0.4 is 5.73 Å². The minimum atomic E-state index is -0.288. The minimum Gasteiger partial charge on any atom is -0.328 e. The van der Waals surface area contributed by atoms with Crippen LogP contribution in [0.25, 0.3) is 0 Å². The van der Waals surface area contributed by atoms with Gasteiger partial charge in [-0.3, -0.25) is 0 Å². The zero-order chi connectivity index (χ0) is 13.8. The summed E-state index contributed by atoms with van der Waals surface area (Å²) in [5, 5.41) is 0. The van der Waals surface area contributed by atoms with Crippen LogP contribution in [0.5, 0.6) is 0 Å². The Morgan fingerprint density at radius 2 is 1.42 bits per heavy atom. The van der Waals surface area contributed by atoms with Crippen LogP contribution in [-0.4, -0.2) is 6.04 Å². The monoisotopic (exact) mass is 261 g/mol. The fraction of sp³-hybridized carbons (Fsp3) is 0.250. The van der Waals surface area contributed by atoms with Gasteiger partial charge in [0.05, 0.1) is 0 Å². The molecule has 0 unspecified atom stereocenters. The third kappa shape index (κ3) is 3.61. The largest absolute Gasteiger partial charge is 0.328 e. The van der Waals surface area contributed by atoms with Crippen molar-refractivity contribution in [3.63, 3.8) is 0 Å². The smallest absolute Gasteiger partial charge is 0.123 e. The highest BCUT2D eigenvalue weighted by atomic mass is 19.1. The molecule has 2 aromatic rings. The van der Waals surface area contributed by atoms with E-state index in [-0.39, 0.29) is 23.6 Å². The molecule has 2 rings (SSSR count). The molecule has 0 saturated heterocycles. The molecule has 3 heteroatoms. The Hall–Kier alpha value is -1.74. The van der Waals surface area contributed by atoms with E-state index >= 15 is 0 Å². The number of hydrogen-bond acceptors (Lipinski definition) is 1. The first-order chi connectivity index (χ1) is 9.06. The topological polar surface area (TPSA) is 26.0 Å². The second-order valence-electron chi connectivity index (χ2n) is 4.88. The molecule has 0 bridgehead atoms. The Kier molecular flexibility index (Phi) is 4.27. The molecule has 0 aliphatic carbocycles. The van der Waals surface area contributed by atoms with E-state index in [0.717, 1.165) is 11.1 Å². The fourth-order valence-corrected chi connectivity index (χ4v) is 2.28. The van der Waals surface area contributed by atoms with Crippen LogP contribution in [0.3, 0.4) is 0 Å². The molecule has 0 aliphatic rings. The third-order valence-electron chi connectivity index (χ3n) is 3.11. The van der Waals surface area contributed by atoms with E-state index in [0.29, 0.717) is 6.42 Å². The van der Waals surface area contributed by atoms with E-state index in [2.05, 4.69) is 0 Å². The molecule has 0 aromatic heterocycles. The molecule has 0 spiro atoms. The molecular weight excluding hydrogens is 244 g/mol. The number of hydrogen-bond donors (Lipinski definition) is 1. The van der Waals surface area contributed by atoms with Crippen LogP contribution in [0, 0.1) is 11.6 Å². The van der Waals surface area contributed by atoms with E-state index in [1.54, 1.807) is 12.1 Å². The molecule has 0 heterocycles. The second-order valence-corrected chi connectivity index (χ2v) is 4.88. The molecule has 1 atom stereocenters. The molecule has 0 radical (unpaired) electrons. The second kappa shape index (κ2) is 5.93. The van der Waals surface area contributed by atoms with Crippen molar-refractivity contribution < 1.29 is 8.78 Å². The highest BCUT2D eigenvalue weighted by molar-refractivity contribution is 5.33. The Labute approximate surface area is 112 Å². The van der Waals surface area contributed by atoms with Crippen molar-refractivity contribution in [2.75, 3.05) is 0 Å². The molecule has 0 fully saturated rings. The van der Waals surface area contributed by atoms with Crippen molar-refractivity contribution in [3.05, 3.63) is 71.3 Å². The van der Waals surface area contributed by atoms with E-state index in [1.807, 2.05) is 19.1 Å². The summed E-state index contributed by atoms with van der Waals surface area (Å²) in [6.45, 7) is 1.89. The van der Waals surface area contributed by atoms with Gasteiger partial charge in [-0.15, -0.1) is 0 Å².